The summed E-state index contributed by atoms with van der Waals surface area (Å²) in [5.41, 5.74) is 0. The first kappa shape index (κ1) is 11.6. The molecule has 0 amide bonds. The van der Waals surface area contributed by atoms with E-state index in [1.165, 1.54) is 11.3 Å². The molecule has 0 saturated heterocycles. The third kappa shape index (κ3) is 2.28. The maximum atomic E-state index is 8.74. The second-order valence-electron chi connectivity index (χ2n) is 3.13. The summed E-state index contributed by atoms with van der Waals surface area (Å²) in [6.45, 7) is 0.178. The lowest BCUT2D eigenvalue weighted by Crippen LogP contribution is -2.25. The van der Waals surface area contributed by atoms with Crippen LogP contribution in [0.1, 0.15) is 0 Å². The lowest BCUT2D eigenvalue weighted by Gasteiger charge is -2.17. The fourth-order valence-electron chi connectivity index (χ4n) is 1.43. The van der Waals surface area contributed by atoms with Crippen LogP contribution in [0.15, 0.2) is 11.4 Å². The molecule has 0 atom stereocenters. The van der Waals surface area contributed by atoms with Gasteiger partial charge in [-0.15, -0.1) is 11.3 Å². The molecule has 0 saturated carbocycles. The maximum absolute atomic E-state index is 8.74. The van der Waals surface area contributed by atoms with Crippen LogP contribution in [0.5, 0.6) is 0 Å². The number of rotatable bonds is 3. The highest BCUT2D eigenvalue weighted by molar-refractivity contribution is 7.16. The fourth-order valence-corrected chi connectivity index (χ4v) is 2.41. The minimum atomic E-state index is 0.0891. The van der Waals surface area contributed by atoms with Crippen molar-refractivity contribution in [3.8, 4) is 12.1 Å². The minimum Gasteiger partial charge on any atom is -0.329 e. The molecule has 84 valence electrons. The maximum Gasteiger partial charge on any atom is 0.225 e. The largest absolute Gasteiger partial charge is 0.329 e. The van der Waals surface area contributed by atoms with Crippen LogP contribution < -0.4 is 4.90 Å². The third-order valence-electron chi connectivity index (χ3n) is 2.10. The minimum absolute atomic E-state index is 0.0891. The van der Waals surface area contributed by atoms with Crippen LogP contribution in [0, 0.1) is 22.7 Å². The molecule has 2 aromatic heterocycles. The van der Waals surface area contributed by atoms with Crippen LogP contribution in [0.4, 0.5) is 5.82 Å². The van der Waals surface area contributed by atoms with Crippen molar-refractivity contribution in [2.45, 2.75) is 0 Å². The first-order chi connectivity index (χ1) is 8.26. The number of halogens is 1. The van der Waals surface area contributed by atoms with E-state index in [1.807, 2.05) is 23.6 Å². The van der Waals surface area contributed by atoms with Crippen molar-refractivity contribution >= 4 is 39.0 Å². The Bertz CT molecular complexity index is 608. The first-order valence-electron chi connectivity index (χ1n) is 4.66. The van der Waals surface area contributed by atoms with Crippen molar-refractivity contribution in [2.75, 3.05) is 18.0 Å². The molecule has 0 aromatic carbocycles. The molecule has 0 spiro atoms. The van der Waals surface area contributed by atoms with E-state index in [-0.39, 0.29) is 18.4 Å². The third-order valence-corrected chi connectivity index (χ3v) is 3.08. The molecule has 0 radical (unpaired) electrons. The second kappa shape index (κ2) is 4.96. The van der Waals surface area contributed by atoms with E-state index < -0.39 is 0 Å². The highest BCUT2D eigenvalue weighted by Gasteiger charge is 2.14. The zero-order chi connectivity index (χ0) is 12.3. The highest BCUT2D eigenvalue weighted by Crippen LogP contribution is 2.28. The van der Waals surface area contributed by atoms with Gasteiger partial charge in [-0.05, 0) is 23.0 Å². The Morgan fingerprint density at radius 1 is 1.29 bits per heavy atom. The standard InChI is InChI=1S/C10H6ClN5S/c11-10-14-8(16(4-2-12)5-3-13)7-1-6-17-9(7)15-10/h1,6H,4-5H2. The van der Waals surface area contributed by atoms with Gasteiger partial charge in [-0.2, -0.15) is 15.5 Å². The molecular formula is C10H6ClN5S. The molecular weight excluding hydrogens is 258 g/mol. The van der Waals surface area contributed by atoms with Gasteiger partial charge >= 0.3 is 0 Å². The van der Waals surface area contributed by atoms with Gasteiger partial charge in [-0.1, -0.05) is 0 Å². The Labute approximate surface area is 107 Å². The van der Waals surface area contributed by atoms with E-state index in [0.717, 1.165) is 10.2 Å². The molecule has 2 aromatic rings. The van der Waals surface area contributed by atoms with Crippen LogP contribution >= 0.6 is 22.9 Å². The van der Waals surface area contributed by atoms with Gasteiger partial charge < -0.3 is 4.90 Å². The number of nitriles is 2. The van der Waals surface area contributed by atoms with Crippen LogP contribution in [0.25, 0.3) is 10.2 Å². The topological polar surface area (TPSA) is 76.6 Å². The van der Waals surface area contributed by atoms with Crippen molar-refractivity contribution < 1.29 is 0 Å². The van der Waals surface area contributed by atoms with Gasteiger partial charge in [0.2, 0.25) is 5.28 Å². The van der Waals surface area contributed by atoms with Crippen molar-refractivity contribution in [1.82, 2.24) is 9.97 Å². The second-order valence-corrected chi connectivity index (χ2v) is 4.36. The fraction of sp³-hybridized carbons (Fsp3) is 0.200. The van der Waals surface area contributed by atoms with Gasteiger partial charge in [0.05, 0.1) is 17.5 Å². The van der Waals surface area contributed by atoms with Crippen LogP contribution in [0.3, 0.4) is 0 Å². The normalized spacial score (nSPS) is 9.82. The SMILES string of the molecule is N#CCN(CC#N)c1nc(Cl)nc2sccc12. The summed E-state index contributed by atoms with van der Waals surface area (Å²) >= 11 is 7.26. The van der Waals surface area contributed by atoms with E-state index in [9.17, 15) is 0 Å². The van der Waals surface area contributed by atoms with Gasteiger partial charge in [0.1, 0.15) is 23.7 Å². The van der Waals surface area contributed by atoms with Crippen molar-refractivity contribution in [2.24, 2.45) is 0 Å². The number of fused-ring (bicyclic) bond motifs is 1. The van der Waals surface area contributed by atoms with Crippen molar-refractivity contribution in [3.05, 3.63) is 16.7 Å². The van der Waals surface area contributed by atoms with E-state index in [1.54, 1.807) is 4.90 Å². The molecule has 7 heteroatoms. The van der Waals surface area contributed by atoms with E-state index in [2.05, 4.69) is 9.97 Å². The average molecular weight is 264 g/mol. The Morgan fingerprint density at radius 3 is 2.65 bits per heavy atom. The molecule has 0 unspecified atom stereocenters. The Hall–Kier alpha value is -1.89. The number of thiophene rings is 1. The molecule has 0 aliphatic heterocycles. The monoisotopic (exact) mass is 263 g/mol. The summed E-state index contributed by atoms with van der Waals surface area (Å²) < 4.78 is 0. The summed E-state index contributed by atoms with van der Waals surface area (Å²) in [4.78, 5) is 10.5. The van der Waals surface area contributed by atoms with E-state index in [0.29, 0.717) is 5.82 Å². The molecule has 5 nitrogen and oxygen atoms in total. The van der Waals surface area contributed by atoms with Crippen molar-refractivity contribution in [3.63, 3.8) is 0 Å². The zero-order valence-electron chi connectivity index (χ0n) is 8.59. The van der Waals surface area contributed by atoms with Crippen LogP contribution in [-0.4, -0.2) is 23.1 Å². The molecule has 17 heavy (non-hydrogen) atoms. The number of aromatic nitrogens is 2. The molecule has 0 aliphatic carbocycles. The first-order valence-corrected chi connectivity index (χ1v) is 5.91. The summed E-state index contributed by atoms with van der Waals surface area (Å²) in [7, 11) is 0. The smallest absolute Gasteiger partial charge is 0.225 e. The van der Waals surface area contributed by atoms with Gasteiger partial charge in [-0.25, -0.2) is 4.98 Å². The Balaban J connectivity index is 2.56. The van der Waals surface area contributed by atoms with Crippen LogP contribution in [0.2, 0.25) is 5.28 Å². The van der Waals surface area contributed by atoms with E-state index >= 15 is 0 Å². The molecule has 2 rings (SSSR count). The lowest BCUT2D eigenvalue weighted by atomic mass is 10.3. The highest BCUT2D eigenvalue weighted by atomic mass is 35.5. The van der Waals surface area contributed by atoms with Crippen molar-refractivity contribution in [1.29, 1.82) is 10.5 Å². The number of hydrogen-bond donors (Lipinski definition) is 0. The number of hydrogen-bond acceptors (Lipinski definition) is 6. The molecule has 0 fully saturated rings. The Morgan fingerprint density at radius 2 is 2.00 bits per heavy atom. The van der Waals surface area contributed by atoms with Gasteiger partial charge in [0.15, 0.2) is 0 Å². The number of anilines is 1. The molecule has 2 heterocycles. The van der Waals surface area contributed by atoms with Gasteiger partial charge in [0.25, 0.3) is 0 Å². The summed E-state index contributed by atoms with van der Waals surface area (Å²) in [6.07, 6.45) is 0. The van der Waals surface area contributed by atoms with E-state index in [4.69, 9.17) is 22.1 Å². The van der Waals surface area contributed by atoms with Gasteiger partial charge in [-0.3, -0.25) is 0 Å². The quantitative estimate of drug-likeness (QED) is 0.627. The molecule has 0 aliphatic rings. The average Bonchev–Trinajstić information content (AvgIpc) is 2.75. The lowest BCUT2D eigenvalue weighted by molar-refractivity contribution is 0.938. The summed E-state index contributed by atoms with van der Waals surface area (Å²) in [6, 6.07) is 5.86. The summed E-state index contributed by atoms with van der Waals surface area (Å²) in [5.74, 6) is 0.532. The predicted molar refractivity (Wildman–Crippen MR) is 65.9 cm³/mol. The zero-order valence-corrected chi connectivity index (χ0v) is 10.2. The predicted octanol–water partition coefficient (Wildman–Crippen LogP) is 2.20. The Kier molecular flexibility index (Phi) is 3.38. The molecule has 0 bridgehead atoms. The number of nitrogens with zero attached hydrogens (tertiary/aromatic N) is 5. The summed E-state index contributed by atoms with van der Waals surface area (Å²) in [5, 5.41) is 20.3. The molecule has 0 N–H and O–H groups in total. The van der Waals surface area contributed by atoms with Gasteiger partial charge in [0, 0.05) is 0 Å². The van der Waals surface area contributed by atoms with Crippen LogP contribution in [-0.2, 0) is 0 Å².